The Morgan fingerprint density at radius 1 is 1.21 bits per heavy atom. The second-order valence-corrected chi connectivity index (χ2v) is 7.37. The van der Waals surface area contributed by atoms with Crippen LogP contribution in [0.15, 0.2) is 48.2 Å². The van der Waals surface area contributed by atoms with E-state index in [2.05, 4.69) is 5.32 Å². The number of hydrogen-bond acceptors (Lipinski definition) is 3. The van der Waals surface area contributed by atoms with E-state index in [1.54, 1.807) is 31.3 Å². The Morgan fingerprint density at radius 3 is 2.61 bits per heavy atom. The zero-order chi connectivity index (χ0) is 20.0. The van der Waals surface area contributed by atoms with Gasteiger partial charge in [-0.25, -0.2) is 8.78 Å². The van der Waals surface area contributed by atoms with Crippen LogP contribution in [0.25, 0.3) is 5.57 Å². The first kappa shape index (κ1) is 18.3. The maximum absolute atomic E-state index is 14.3. The van der Waals surface area contributed by atoms with Gasteiger partial charge in [0.2, 0.25) is 0 Å². The lowest BCUT2D eigenvalue weighted by molar-refractivity contribution is -0.116. The smallest absolute Gasteiger partial charge is 0.254 e. The van der Waals surface area contributed by atoms with Gasteiger partial charge >= 0.3 is 0 Å². The number of fused-ring (bicyclic) bond motifs is 1. The van der Waals surface area contributed by atoms with Crippen LogP contribution in [0.5, 0.6) is 0 Å². The first-order valence-electron chi connectivity index (χ1n) is 9.15. The minimum Gasteiger partial charge on any atom is -0.373 e. The Kier molecular flexibility index (Phi) is 4.49. The van der Waals surface area contributed by atoms with Crippen molar-refractivity contribution >= 4 is 17.3 Å². The fourth-order valence-electron chi connectivity index (χ4n) is 3.77. The number of rotatable bonds is 4. The first-order chi connectivity index (χ1) is 13.4. The van der Waals surface area contributed by atoms with Crippen molar-refractivity contribution in [3.63, 3.8) is 0 Å². The van der Waals surface area contributed by atoms with Gasteiger partial charge in [-0.05, 0) is 36.2 Å². The van der Waals surface area contributed by atoms with Gasteiger partial charge in [0, 0.05) is 37.2 Å². The third-order valence-electron chi connectivity index (χ3n) is 5.52. The lowest BCUT2D eigenvalue weighted by Gasteiger charge is -2.31. The molecular weight excluding hydrogens is 362 g/mol. The standard InChI is InChI=1S/C22H20F2N2O2/c1-12-20(15-7-4-8-18(24)17(15)11-26(12)2)22(28)25-21(16-10-19(16)27)13-5-3-6-14(23)9-13/h3-9,16,21H,10-11H2,1-2H3,(H,25,28)/t16?,21-/m1/s1. The minimum absolute atomic E-state index is 0.0347. The van der Waals surface area contributed by atoms with Crippen molar-refractivity contribution < 1.29 is 18.4 Å². The van der Waals surface area contributed by atoms with Gasteiger partial charge in [0.25, 0.3) is 5.91 Å². The van der Waals surface area contributed by atoms with Gasteiger partial charge in [0.15, 0.2) is 0 Å². The number of amides is 1. The summed E-state index contributed by atoms with van der Waals surface area (Å²) in [7, 11) is 1.80. The Labute approximate surface area is 161 Å². The number of benzene rings is 2. The Balaban J connectivity index is 1.71. The van der Waals surface area contributed by atoms with Gasteiger partial charge in [0.05, 0.1) is 11.6 Å². The van der Waals surface area contributed by atoms with Crippen LogP contribution in [0.1, 0.15) is 36.1 Å². The van der Waals surface area contributed by atoms with E-state index in [0.29, 0.717) is 35.2 Å². The van der Waals surface area contributed by atoms with Crippen molar-refractivity contribution in [3.8, 4) is 0 Å². The molecule has 1 aliphatic heterocycles. The average molecular weight is 382 g/mol. The molecule has 0 spiro atoms. The van der Waals surface area contributed by atoms with Crippen LogP contribution in [0.3, 0.4) is 0 Å². The predicted octanol–water partition coefficient (Wildman–Crippen LogP) is 3.59. The monoisotopic (exact) mass is 382 g/mol. The van der Waals surface area contributed by atoms with Crippen molar-refractivity contribution in [1.82, 2.24) is 10.2 Å². The molecule has 0 saturated heterocycles. The van der Waals surface area contributed by atoms with Crippen molar-refractivity contribution in [2.24, 2.45) is 5.92 Å². The number of hydrogen-bond donors (Lipinski definition) is 1. The molecule has 1 saturated carbocycles. The number of carbonyl (C=O) groups is 2. The van der Waals surface area contributed by atoms with E-state index in [4.69, 9.17) is 0 Å². The van der Waals surface area contributed by atoms with Crippen LogP contribution in [0.4, 0.5) is 8.78 Å². The molecule has 2 aliphatic rings. The molecule has 1 unspecified atom stereocenters. The highest BCUT2D eigenvalue weighted by molar-refractivity contribution is 6.21. The predicted molar refractivity (Wildman–Crippen MR) is 101 cm³/mol. The number of nitrogens with zero attached hydrogens (tertiary/aromatic N) is 1. The maximum Gasteiger partial charge on any atom is 0.254 e. The Hall–Kier alpha value is -3.02. The van der Waals surface area contributed by atoms with Crippen LogP contribution in [0.2, 0.25) is 0 Å². The summed E-state index contributed by atoms with van der Waals surface area (Å²) in [5.74, 6) is -1.51. The molecule has 144 valence electrons. The molecule has 2 aromatic carbocycles. The van der Waals surface area contributed by atoms with Crippen molar-refractivity contribution in [1.29, 1.82) is 0 Å². The summed E-state index contributed by atoms with van der Waals surface area (Å²) in [6, 6.07) is 9.97. The fraction of sp³-hybridized carbons (Fsp3) is 0.273. The summed E-state index contributed by atoms with van der Waals surface area (Å²) in [6.45, 7) is 2.18. The molecule has 4 nitrogen and oxygen atoms in total. The molecular formula is C22H20F2N2O2. The molecule has 0 radical (unpaired) electrons. The molecule has 1 heterocycles. The third-order valence-corrected chi connectivity index (χ3v) is 5.52. The number of carbonyl (C=O) groups excluding carboxylic acids is 2. The highest BCUT2D eigenvalue weighted by Crippen LogP contribution is 2.39. The van der Waals surface area contributed by atoms with E-state index in [9.17, 15) is 18.4 Å². The first-order valence-corrected chi connectivity index (χ1v) is 9.15. The van der Waals surface area contributed by atoms with Crippen LogP contribution in [-0.4, -0.2) is 23.6 Å². The normalized spacial score (nSPS) is 19.4. The van der Waals surface area contributed by atoms with Gasteiger partial charge in [-0.3, -0.25) is 9.59 Å². The van der Waals surface area contributed by atoms with Gasteiger partial charge in [-0.15, -0.1) is 0 Å². The molecule has 4 rings (SSSR count). The number of Topliss-reactive ketones (excluding diaryl/α,β-unsaturated/α-hetero) is 1. The topological polar surface area (TPSA) is 49.4 Å². The molecule has 1 N–H and O–H groups in total. The van der Waals surface area contributed by atoms with Gasteiger partial charge in [-0.1, -0.05) is 24.3 Å². The number of halogens is 2. The van der Waals surface area contributed by atoms with Gasteiger partial charge in [-0.2, -0.15) is 0 Å². The molecule has 2 atom stereocenters. The number of allylic oxidation sites excluding steroid dienone is 1. The van der Waals surface area contributed by atoms with Crippen LogP contribution >= 0.6 is 0 Å². The van der Waals surface area contributed by atoms with Crippen LogP contribution < -0.4 is 5.32 Å². The van der Waals surface area contributed by atoms with E-state index in [-0.39, 0.29) is 17.5 Å². The number of nitrogens with one attached hydrogen (secondary N) is 1. The van der Waals surface area contributed by atoms with E-state index < -0.39 is 17.8 Å². The van der Waals surface area contributed by atoms with E-state index in [0.717, 1.165) is 5.70 Å². The molecule has 1 fully saturated rings. The van der Waals surface area contributed by atoms with Crippen molar-refractivity contribution in [3.05, 3.63) is 76.5 Å². The van der Waals surface area contributed by atoms with E-state index in [1.165, 1.54) is 18.2 Å². The fourth-order valence-corrected chi connectivity index (χ4v) is 3.77. The molecule has 28 heavy (non-hydrogen) atoms. The lowest BCUT2D eigenvalue weighted by Crippen LogP contribution is -2.35. The quantitative estimate of drug-likeness (QED) is 0.879. The molecule has 1 aliphatic carbocycles. The van der Waals surface area contributed by atoms with Gasteiger partial charge < -0.3 is 10.2 Å². The van der Waals surface area contributed by atoms with Gasteiger partial charge in [0.1, 0.15) is 17.4 Å². The minimum atomic E-state index is -0.611. The van der Waals surface area contributed by atoms with Crippen LogP contribution in [0, 0.1) is 17.6 Å². The van der Waals surface area contributed by atoms with Crippen molar-refractivity contribution in [2.75, 3.05) is 7.05 Å². The summed E-state index contributed by atoms with van der Waals surface area (Å²) < 4.78 is 28.0. The third kappa shape index (κ3) is 3.19. The molecule has 2 aromatic rings. The SMILES string of the molecule is CC1=C(C(=O)N[C@H](c2cccc(F)c2)C2CC2=O)c2cccc(F)c2CN1C. The lowest BCUT2D eigenvalue weighted by atomic mass is 9.92. The Morgan fingerprint density at radius 2 is 1.93 bits per heavy atom. The summed E-state index contributed by atoms with van der Waals surface area (Å²) in [4.78, 5) is 26.8. The summed E-state index contributed by atoms with van der Waals surface area (Å²) in [5.41, 5.74) is 2.65. The Bertz CT molecular complexity index is 1020. The zero-order valence-electron chi connectivity index (χ0n) is 15.6. The van der Waals surface area contributed by atoms with Crippen LogP contribution in [-0.2, 0) is 16.1 Å². The molecule has 0 bridgehead atoms. The second-order valence-electron chi connectivity index (χ2n) is 7.37. The molecule has 0 aromatic heterocycles. The second kappa shape index (κ2) is 6.86. The van der Waals surface area contributed by atoms with Crippen molar-refractivity contribution in [2.45, 2.75) is 25.9 Å². The van der Waals surface area contributed by atoms with E-state index in [1.807, 2.05) is 11.8 Å². The zero-order valence-corrected chi connectivity index (χ0v) is 15.6. The highest BCUT2D eigenvalue weighted by Gasteiger charge is 2.43. The largest absolute Gasteiger partial charge is 0.373 e. The van der Waals surface area contributed by atoms with E-state index >= 15 is 0 Å². The summed E-state index contributed by atoms with van der Waals surface area (Å²) in [5, 5.41) is 2.90. The maximum atomic E-state index is 14.3. The molecule has 6 heteroatoms. The highest BCUT2D eigenvalue weighted by atomic mass is 19.1. The number of ketones is 1. The average Bonchev–Trinajstić information content (AvgIpc) is 3.38. The molecule has 1 amide bonds. The summed E-state index contributed by atoms with van der Waals surface area (Å²) in [6.07, 6.45) is 0.352. The summed E-state index contributed by atoms with van der Waals surface area (Å²) >= 11 is 0.